The lowest BCUT2D eigenvalue weighted by molar-refractivity contribution is -0.120. The van der Waals surface area contributed by atoms with Crippen LogP contribution in [-0.2, 0) is 4.79 Å². The number of nitrogens with one attached hydrogen (secondary N) is 1. The highest BCUT2D eigenvalue weighted by Crippen LogP contribution is 2.34. The van der Waals surface area contributed by atoms with Crippen molar-refractivity contribution in [2.75, 3.05) is 5.84 Å². The SMILES string of the molecule is Nn1cnnc1S[C@H](C(=O)NC1CC1)c1ccccc1. The Morgan fingerprint density at radius 1 is 1.40 bits per heavy atom. The summed E-state index contributed by atoms with van der Waals surface area (Å²) in [4.78, 5) is 12.4. The molecule has 3 rings (SSSR count). The smallest absolute Gasteiger partial charge is 0.238 e. The minimum absolute atomic E-state index is 0.00769. The molecule has 1 aromatic heterocycles. The Hall–Kier alpha value is -2.02. The third kappa shape index (κ3) is 2.93. The fourth-order valence-corrected chi connectivity index (χ4v) is 2.77. The number of nitrogens with zero attached hydrogens (tertiary/aromatic N) is 3. The molecule has 0 radical (unpaired) electrons. The molecule has 1 aromatic carbocycles. The number of hydrogen-bond donors (Lipinski definition) is 2. The summed E-state index contributed by atoms with van der Waals surface area (Å²) in [5.41, 5.74) is 0.929. The van der Waals surface area contributed by atoms with Crippen LogP contribution in [0.2, 0.25) is 0 Å². The van der Waals surface area contributed by atoms with Gasteiger partial charge in [0, 0.05) is 6.04 Å². The maximum atomic E-state index is 12.4. The summed E-state index contributed by atoms with van der Waals surface area (Å²) in [7, 11) is 0. The molecule has 1 aliphatic carbocycles. The number of rotatable bonds is 5. The molecule has 0 spiro atoms. The molecule has 0 unspecified atom stereocenters. The van der Waals surface area contributed by atoms with Crippen molar-refractivity contribution in [3.63, 3.8) is 0 Å². The van der Waals surface area contributed by atoms with Crippen molar-refractivity contribution in [3.8, 4) is 0 Å². The standard InChI is InChI=1S/C13H15N5OS/c14-18-8-15-17-13(18)20-11(9-4-2-1-3-5-9)12(19)16-10-6-7-10/h1-5,8,10-11H,6-7,14H2,(H,16,19)/t11-/m0/s1. The molecule has 1 saturated carbocycles. The quantitative estimate of drug-likeness (QED) is 0.636. The van der Waals surface area contributed by atoms with E-state index in [-0.39, 0.29) is 11.2 Å². The van der Waals surface area contributed by atoms with E-state index >= 15 is 0 Å². The third-order valence-electron chi connectivity index (χ3n) is 3.03. The van der Waals surface area contributed by atoms with Gasteiger partial charge in [0.25, 0.3) is 0 Å². The zero-order valence-corrected chi connectivity index (χ0v) is 11.6. The lowest BCUT2D eigenvalue weighted by Crippen LogP contribution is -2.30. The van der Waals surface area contributed by atoms with E-state index in [9.17, 15) is 4.79 Å². The van der Waals surface area contributed by atoms with Crippen molar-refractivity contribution in [2.45, 2.75) is 29.3 Å². The Labute approximate surface area is 120 Å². The zero-order chi connectivity index (χ0) is 13.9. The average molecular weight is 289 g/mol. The predicted molar refractivity (Wildman–Crippen MR) is 76.4 cm³/mol. The van der Waals surface area contributed by atoms with Gasteiger partial charge in [-0.2, -0.15) is 0 Å². The van der Waals surface area contributed by atoms with Gasteiger partial charge < -0.3 is 11.2 Å². The van der Waals surface area contributed by atoms with E-state index in [1.54, 1.807) is 0 Å². The van der Waals surface area contributed by atoms with Gasteiger partial charge in [0.1, 0.15) is 11.6 Å². The van der Waals surface area contributed by atoms with Crippen LogP contribution < -0.4 is 11.2 Å². The number of amides is 1. The maximum Gasteiger partial charge on any atom is 0.238 e. The van der Waals surface area contributed by atoms with Gasteiger partial charge >= 0.3 is 0 Å². The van der Waals surface area contributed by atoms with Gasteiger partial charge in [0.15, 0.2) is 0 Å². The number of nitrogen functional groups attached to an aromatic ring is 1. The summed E-state index contributed by atoms with van der Waals surface area (Å²) in [6, 6.07) is 9.95. The van der Waals surface area contributed by atoms with Crippen LogP contribution in [-0.4, -0.2) is 26.8 Å². The highest BCUT2D eigenvalue weighted by molar-refractivity contribution is 8.00. The normalized spacial score (nSPS) is 15.8. The second-order valence-corrected chi connectivity index (χ2v) is 5.78. The van der Waals surface area contributed by atoms with Gasteiger partial charge in [-0.15, -0.1) is 10.2 Å². The van der Waals surface area contributed by atoms with Crippen LogP contribution in [0.1, 0.15) is 23.7 Å². The molecule has 1 amide bonds. The summed E-state index contributed by atoms with van der Waals surface area (Å²) in [5.74, 6) is 5.71. The molecule has 1 atom stereocenters. The molecule has 1 heterocycles. The van der Waals surface area contributed by atoms with Gasteiger partial charge in [-0.3, -0.25) is 4.79 Å². The van der Waals surface area contributed by atoms with Crippen LogP contribution in [0, 0.1) is 0 Å². The number of carbonyl (C=O) groups excluding carboxylic acids is 1. The van der Waals surface area contributed by atoms with E-state index in [2.05, 4.69) is 15.5 Å². The Morgan fingerprint density at radius 2 is 2.15 bits per heavy atom. The van der Waals surface area contributed by atoms with Gasteiger partial charge in [-0.25, -0.2) is 4.68 Å². The number of nitrogens with two attached hydrogens (primary N) is 1. The van der Waals surface area contributed by atoms with Crippen LogP contribution in [0.3, 0.4) is 0 Å². The Bertz CT molecular complexity index is 596. The molecule has 0 saturated heterocycles. The van der Waals surface area contributed by atoms with Crippen molar-refractivity contribution in [1.29, 1.82) is 0 Å². The van der Waals surface area contributed by atoms with Crippen LogP contribution in [0.5, 0.6) is 0 Å². The molecule has 20 heavy (non-hydrogen) atoms. The van der Waals surface area contributed by atoms with Crippen molar-refractivity contribution in [2.24, 2.45) is 0 Å². The summed E-state index contributed by atoms with van der Waals surface area (Å²) < 4.78 is 1.32. The molecule has 0 aliphatic heterocycles. The van der Waals surface area contributed by atoms with Crippen molar-refractivity contribution in [3.05, 3.63) is 42.2 Å². The molecule has 1 aliphatic rings. The Morgan fingerprint density at radius 3 is 2.75 bits per heavy atom. The first-order chi connectivity index (χ1) is 9.74. The van der Waals surface area contributed by atoms with Gasteiger partial charge in [0.2, 0.25) is 11.1 Å². The van der Waals surface area contributed by atoms with E-state index in [1.165, 1.54) is 22.8 Å². The van der Waals surface area contributed by atoms with Crippen LogP contribution in [0.25, 0.3) is 0 Å². The van der Waals surface area contributed by atoms with Crippen molar-refractivity contribution >= 4 is 17.7 Å². The lowest BCUT2D eigenvalue weighted by atomic mass is 10.1. The van der Waals surface area contributed by atoms with E-state index in [0.717, 1.165) is 18.4 Å². The fraction of sp³-hybridized carbons (Fsp3) is 0.308. The molecule has 2 aromatic rings. The number of carbonyl (C=O) groups is 1. The first-order valence-electron chi connectivity index (χ1n) is 6.41. The van der Waals surface area contributed by atoms with Gasteiger partial charge in [-0.1, -0.05) is 42.1 Å². The first kappa shape index (κ1) is 13.0. The summed E-state index contributed by atoms with van der Waals surface area (Å²) >= 11 is 1.31. The number of benzene rings is 1. The monoisotopic (exact) mass is 289 g/mol. The van der Waals surface area contributed by atoms with E-state index in [1.807, 2.05) is 30.3 Å². The van der Waals surface area contributed by atoms with E-state index in [0.29, 0.717) is 11.2 Å². The van der Waals surface area contributed by atoms with Crippen LogP contribution >= 0.6 is 11.8 Å². The van der Waals surface area contributed by atoms with Crippen LogP contribution in [0.4, 0.5) is 0 Å². The molecule has 1 fully saturated rings. The lowest BCUT2D eigenvalue weighted by Gasteiger charge is -2.15. The molecular formula is C13H15N5OS. The number of hydrogen-bond acceptors (Lipinski definition) is 5. The highest BCUT2D eigenvalue weighted by Gasteiger charge is 2.30. The molecule has 7 heteroatoms. The van der Waals surface area contributed by atoms with Gasteiger partial charge in [0.05, 0.1) is 0 Å². The summed E-state index contributed by atoms with van der Waals surface area (Å²) in [6.45, 7) is 0. The average Bonchev–Trinajstić information content (AvgIpc) is 3.18. The zero-order valence-electron chi connectivity index (χ0n) is 10.8. The summed E-state index contributed by atoms with van der Waals surface area (Å²) in [5, 5.41) is 10.8. The number of aromatic nitrogens is 3. The Balaban J connectivity index is 1.82. The number of thioether (sulfide) groups is 1. The highest BCUT2D eigenvalue weighted by atomic mass is 32.2. The molecule has 3 N–H and O–H groups in total. The second-order valence-electron chi connectivity index (χ2n) is 4.71. The summed E-state index contributed by atoms with van der Waals surface area (Å²) in [6.07, 6.45) is 3.54. The molecule has 6 nitrogen and oxygen atoms in total. The second kappa shape index (κ2) is 5.54. The van der Waals surface area contributed by atoms with E-state index < -0.39 is 0 Å². The molecule has 0 bridgehead atoms. The van der Waals surface area contributed by atoms with Gasteiger partial charge in [-0.05, 0) is 18.4 Å². The van der Waals surface area contributed by atoms with Crippen molar-refractivity contribution in [1.82, 2.24) is 20.2 Å². The maximum absolute atomic E-state index is 12.4. The molecule has 104 valence electrons. The minimum atomic E-state index is -0.372. The largest absolute Gasteiger partial charge is 0.352 e. The van der Waals surface area contributed by atoms with Crippen molar-refractivity contribution < 1.29 is 4.79 Å². The topological polar surface area (TPSA) is 85.8 Å². The predicted octanol–water partition coefficient (Wildman–Crippen LogP) is 1.10. The third-order valence-corrected chi connectivity index (χ3v) is 4.25. The fourth-order valence-electron chi connectivity index (χ4n) is 1.83. The van der Waals surface area contributed by atoms with E-state index in [4.69, 9.17) is 5.84 Å². The first-order valence-corrected chi connectivity index (χ1v) is 7.29. The van der Waals surface area contributed by atoms with Crippen LogP contribution in [0.15, 0.2) is 41.8 Å². The molecular weight excluding hydrogens is 274 g/mol. The Kier molecular flexibility index (Phi) is 3.60. The minimum Gasteiger partial charge on any atom is -0.352 e.